The van der Waals surface area contributed by atoms with Crippen molar-refractivity contribution in [3.63, 3.8) is 0 Å². The molecule has 2 heterocycles. The van der Waals surface area contributed by atoms with Crippen molar-refractivity contribution < 1.29 is 24.2 Å². The van der Waals surface area contributed by atoms with Crippen LogP contribution in [-0.4, -0.2) is 59.9 Å². The maximum Gasteiger partial charge on any atom is 0.508 e. The Morgan fingerprint density at radius 3 is 2.61 bits per heavy atom. The molecule has 0 aromatic carbocycles. The van der Waals surface area contributed by atoms with Crippen molar-refractivity contribution >= 4 is 29.6 Å². The third-order valence-electron chi connectivity index (χ3n) is 7.65. The van der Waals surface area contributed by atoms with Gasteiger partial charge in [0.15, 0.2) is 0 Å². The second kappa shape index (κ2) is 9.70. The van der Waals surface area contributed by atoms with E-state index in [1.165, 1.54) is 32.1 Å². The molecule has 5 fully saturated rings. The molecule has 1 unspecified atom stereocenters. The minimum Gasteiger partial charge on any atom is -0.450 e. The second-order valence-corrected chi connectivity index (χ2v) is 11.0. The number of thioether (sulfide) groups is 1. The SMILES string of the molecule is CCCSc1nc(N2CCOC(OC(=O)O)C2)ccc1C(=O)NC1C2CC3CC(C2)CC1C3. The molecule has 6 rings (SSSR count). The summed E-state index contributed by atoms with van der Waals surface area (Å²) < 4.78 is 10.2. The number of carboxylic acid groups (broad SMARTS) is 1. The van der Waals surface area contributed by atoms with Crippen molar-refractivity contribution in [1.29, 1.82) is 0 Å². The van der Waals surface area contributed by atoms with Crippen molar-refractivity contribution in [3.05, 3.63) is 17.7 Å². The molecule has 4 aliphatic carbocycles. The van der Waals surface area contributed by atoms with Crippen LogP contribution in [0, 0.1) is 23.7 Å². The first-order chi connectivity index (χ1) is 16.0. The Morgan fingerprint density at radius 2 is 1.94 bits per heavy atom. The van der Waals surface area contributed by atoms with Crippen molar-refractivity contribution in [1.82, 2.24) is 10.3 Å². The number of amides is 1. The summed E-state index contributed by atoms with van der Waals surface area (Å²) in [6, 6.07) is 4.02. The molecule has 4 saturated carbocycles. The molecule has 4 bridgehead atoms. The molecule has 180 valence electrons. The number of hydrogen-bond donors (Lipinski definition) is 2. The average molecular weight is 476 g/mol. The molecule has 0 spiro atoms. The quantitative estimate of drug-likeness (QED) is 0.451. The van der Waals surface area contributed by atoms with Gasteiger partial charge in [0.25, 0.3) is 5.91 Å². The molecular formula is C24H33N3O5S. The first-order valence-electron chi connectivity index (χ1n) is 12.2. The summed E-state index contributed by atoms with van der Waals surface area (Å²) in [7, 11) is 0. The van der Waals surface area contributed by atoms with Crippen molar-refractivity contribution in [2.24, 2.45) is 23.7 Å². The number of hydrogen-bond acceptors (Lipinski definition) is 7. The van der Waals surface area contributed by atoms with E-state index < -0.39 is 12.4 Å². The van der Waals surface area contributed by atoms with E-state index in [2.05, 4.69) is 12.2 Å². The summed E-state index contributed by atoms with van der Waals surface area (Å²) in [5.41, 5.74) is 0.637. The molecule has 1 atom stereocenters. The van der Waals surface area contributed by atoms with E-state index in [1.54, 1.807) is 11.8 Å². The predicted molar refractivity (Wildman–Crippen MR) is 125 cm³/mol. The van der Waals surface area contributed by atoms with Crippen LogP contribution in [0.2, 0.25) is 0 Å². The fourth-order valence-corrected chi connectivity index (χ4v) is 7.36. The number of anilines is 1. The van der Waals surface area contributed by atoms with Gasteiger partial charge in [-0.15, -0.1) is 11.8 Å². The van der Waals surface area contributed by atoms with E-state index in [0.717, 1.165) is 29.0 Å². The number of aromatic nitrogens is 1. The zero-order chi connectivity index (χ0) is 22.9. The van der Waals surface area contributed by atoms with Gasteiger partial charge in [-0.05, 0) is 80.1 Å². The van der Waals surface area contributed by atoms with Gasteiger partial charge < -0.3 is 24.8 Å². The van der Waals surface area contributed by atoms with E-state index in [9.17, 15) is 9.59 Å². The van der Waals surface area contributed by atoms with Gasteiger partial charge in [-0.3, -0.25) is 4.79 Å². The summed E-state index contributed by atoms with van der Waals surface area (Å²) >= 11 is 1.60. The fraction of sp³-hybridized carbons (Fsp3) is 0.708. The Kier molecular flexibility index (Phi) is 6.69. The summed E-state index contributed by atoms with van der Waals surface area (Å²) in [6.07, 6.45) is 5.25. The number of morpholine rings is 1. The number of ether oxygens (including phenoxy) is 2. The van der Waals surface area contributed by atoms with Gasteiger partial charge in [-0.25, -0.2) is 9.78 Å². The Bertz CT molecular complexity index is 869. The predicted octanol–water partition coefficient (Wildman–Crippen LogP) is 4.00. The Balaban J connectivity index is 1.31. The third kappa shape index (κ3) is 4.94. The summed E-state index contributed by atoms with van der Waals surface area (Å²) in [6.45, 7) is 3.33. The zero-order valence-corrected chi connectivity index (χ0v) is 19.9. The highest BCUT2D eigenvalue weighted by Gasteiger charge is 2.48. The van der Waals surface area contributed by atoms with Crippen LogP contribution in [0.25, 0.3) is 0 Å². The van der Waals surface area contributed by atoms with Crippen molar-refractivity contribution in [2.45, 2.75) is 62.8 Å². The molecule has 1 aromatic rings. The Labute approximate surface area is 198 Å². The number of carbonyl (C=O) groups is 2. The van der Waals surface area contributed by atoms with E-state index >= 15 is 0 Å². The lowest BCUT2D eigenvalue weighted by Crippen LogP contribution is -2.55. The lowest BCUT2D eigenvalue weighted by atomic mass is 9.54. The van der Waals surface area contributed by atoms with Crippen LogP contribution >= 0.6 is 11.8 Å². The van der Waals surface area contributed by atoms with E-state index in [0.29, 0.717) is 42.4 Å². The normalized spacial score (nSPS) is 32.6. The average Bonchev–Trinajstić information content (AvgIpc) is 2.79. The number of nitrogens with zero attached hydrogens (tertiary/aromatic N) is 2. The fourth-order valence-electron chi connectivity index (χ4n) is 6.49. The smallest absolute Gasteiger partial charge is 0.450 e. The highest BCUT2D eigenvalue weighted by Crippen LogP contribution is 2.53. The van der Waals surface area contributed by atoms with Gasteiger partial charge >= 0.3 is 6.16 Å². The molecule has 33 heavy (non-hydrogen) atoms. The Morgan fingerprint density at radius 1 is 1.21 bits per heavy atom. The van der Waals surface area contributed by atoms with Gasteiger partial charge in [0.05, 0.1) is 18.7 Å². The maximum atomic E-state index is 13.4. The first-order valence-corrected chi connectivity index (χ1v) is 13.2. The van der Waals surface area contributed by atoms with Gasteiger partial charge in [0, 0.05) is 12.6 Å². The summed E-state index contributed by atoms with van der Waals surface area (Å²) in [5.74, 6) is 4.58. The molecule has 2 N–H and O–H groups in total. The molecule has 9 heteroatoms. The molecular weight excluding hydrogens is 442 g/mol. The molecule has 5 aliphatic rings. The molecule has 0 radical (unpaired) electrons. The molecule has 1 amide bonds. The number of rotatable bonds is 7. The number of nitrogens with one attached hydrogen (secondary N) is 1. The number of pyridine rings is 1. The standard InChI is InChI=1S/C24H33N3O5S/c1-2-7-33-23-18(3-4-19(25-23)27-5-6-31-20(13-27)32-24(29)30)22(28)26-21-16-9-14-8-15(11-16)12-17(21)10-14/h3-4,14-17,20-21H,2,5-13H2,1H3,(H,26,28)(H,29,30). The van der Waals surface area contributed by atoms with Crippen LogP contribution in [0.5, 0.6) is 0 Å². The van der Waals surface area contributed by atoms with Crippen LogP contribution in [0.1, 0.15) is 55.8 Å². The van der Waals surface area contributed by atoms with Gasteiger partial charge in [0.1, 0.15) is 10.8 Å². The third-order valence-corrected chi connectivity index (χ3v) is 8.85. The van der Waals surface area contributed by atoms with Crippen LogP contribution < -0.4 is 10.2 Å². The summed E-state index contributed by atoms with van der Waals surface area (Å²) in [5, 5.41) is 13.0. The van der Waals surface area contributed by atoms with Crippen LogP contribution in [-0.2, 0) is 9.47 Å². The van der Waals surface area contributed by atoms with Crippen molar-refractivity contribution in [2.75, 3.05) is 30.3 Å². The summed E-state index contributed by atoms with van der Waals surface area (Å²) in [4.78, 5) is 31.0. The van der Waals surface area contributed by atoms with Gasteiger partial charge in [0.2, 0.25) is 6.29 Å². The van der Waals surface area contributed by atoms with Crippen LogP contribution in [0.4, 0.5) is 10.6 Å². The minimum absolute atomic E-state index is 0.0146. The zero-order valence-electron chi connectivity index (χ0n) is 19.1. The second-order valence-electron chi connectivity index (χ2n) is 9.93. The minimum atomic E-state index is -1.36. The lowest BCUT2D eigenvalue weighted by Gasteiger charge is -2.54. The van der Waals surface area contributed by atoms with Crippen LogP contribution in [0.15, 0.2) is 17.2 Å². The first kappa shape index (κ1) is 22.8. The van der Waals surface area contributed by atoms with E-state index in [-0.39, 0.29) is 12.5 Å². The van der Waals surface area contributed by atoms with Gasteiger partial charge in [-0.1, -0.05) is 6.92 Å². The highest BCUT2D eigenvalue weighted by molar-refractivity contribution is 7.99. The maximum absolute atomic E-state index is 13.4. The van der Waals surface area contributed by atoms with Crippen molar-refractivity contribution in [3.8, 4) is 0 Å². The van der Waals surface area contributed by atoms with Crippen LogP contribution in [0.3, 0.4) is 0 Å². The molecule has 1 saturated heterocycles. The largest absolute Gasteiger partial charge is 0.508 e. The molecule has 1 aliphatic heterocycles. The molecule has 1 aromatic heterocycles. The number of carbonyl (C=O) groups excluding carboxylic acids is 1. The monoisotopic (exact) mass is 475 g/mol. The Hall–Kier alpha value is -2.00. The van der Waals surface area contributed by atoms with Gasteiger partial charge in [-0.2, -0.15) is 0 Å². The highest BCUT2D eigenvalue weighted by atomic mass is 32.2. The topological polar surface area (TPSA) is 101 Å². The van der Waals surface area contributed by atoms with E-state index in [1.807, 2.05) is 17.0 Å². The lowest BCUT2D eigenvalue weighted by molar-refractivity contribution is -0.120. The van der Waals surface area contributed by atoms with E-state index in [4.69, 9.17) is 19.6 Å². The molecule has 8 nitrogen and oxygen atoms in total.